The molecule has 2 rings (SSSR count). The lowest BCUT2D eigenvalue weighted by Gasteiger charge is -2.24. The molecule has 0 atom stereocenters. The van der Waals surface area contributed by atoms with Crippen LogP contribution in [0.15, 0.2) is 0 Å². The summed E-state index contributed by atoms with van der Waals surface area (Å²) < 4.78 is 1.77. The Morgan fingerprint density at radius 3 is 2.54 bits per heavy atom. The SMILES string of the molecule is Cn1nnnc1[C@H]1CC[C@H](N)CC1. The second kappa shape index (κ2) is 3.41. The van der Waals surface area contributed by atoms with Crippen molar-refractivity contribution < 1.29 is 0 Å². The fourth-order valence-electron chi connectivity index (χ4n) is 1.96. The molecule has 0 spiro atoms. The van der Waals surface area contributed by atoms with Crippen LogP contribution in [-0.4, -0.2) is 26.2 Å². The Morgan fingerprint density at radius 2 is 2.00 bits per heavy atom. The van der Waals surface area contributed by atoms with Crippen molar-refractivity contribution in [2.45, 2.75) is 37.6 Å². The first-order valence-corrected chi connectivity index (χ1v) is 4.75. The first kappa shape index (κ1) is 8.62. The Bertz CT molecular complexity index is 274. The molecule has 0 bridgehead atoms. The molecule has 1 saturated carbocycles. The Hall–Kier alpha value is -0.970. The molecule has 1 aliphatic rings. The molecule has 5 heteroatoms. The van der Waals surface area contributed by atoms with Gasteiger partial charge in [0.25, 0.3) is 0 Å². The molecule has 5 nitrogen and oxygen atoms in total. The third-order valence-corrected chi connectivity index (χ3v) is 2.79. The molecule has 1 fully saturated rings. The molecule has 2 N–H and O–H groups in total. The van der Waals surface area contributed by atoms with E-state index >= 15 is 0 Å². The topological polar surface area (TPSA) is 69.6 Å². The van der Waals surface area contributed by atoms with Gasteiger partial charge >= 0.3 is 0 Å². The maximum absolute atomic E-state index is 5.83. The molecule has 13 heavy (non-hydrogen) atoms. The van der Waals surface area contributed by atoms with Crippen molar-refractivity contribution >= 4 is 0 Å². The number of nitrogens with two attached hydrogens (primary N) is 1. The number of aromatic nitrogens is 4. The summed E-state index contributed by atoms with van der Waals surface area (Å²) in [5.41, 5.74) is 5.83. The molecule has 0 aliphatic heterocycles. The van der Waals surface area contributed by atoms with Crippen LogP contribution in [0.2, 0.25) is 0 Å². The normalized spacial score (nSPS) is 29.1. The van der Waals surface area contributed by atoms with Crippen LogP contribution in [0.5, 0.6) is 0 Å². The zero-order valence-electron chi connectivity index (χ0n) is 7.85. The van der Waals surface area contributed by atoms with Gasteiger partial charge in [-0.05, 0) is 36.1 Å². The van der Waals surface area contributed by atoms with Gasteiger partial charge in [-0.2, -0.15) is 0 Å². The van der Waals surface area contributed by atoms with Gasteiger partial charge in [-0.3, -0.25) is 0 Å². The molecule has 0 amide bonds. The highest BCUT2D eigenvalue weighted by Gasteiger charge is 2.23. The van der Waals surface area contributed by atoms with E-state index in [2.05, 4.69) is 15.5 Å². The molecule has 1 aliphatic carbocycles. The summed E-state index contributed by atoms with van der Waals surface area (Å²) in [6.07, 6.45) is 4.43. The van der Waals surface area contributed by atoms with Crippen molar-refractivity contribution in [2.24, 2.45) is 12.8 Å². The van der Waals surface area contributed by atoms with E-state index in [1.165, 1.54) is 0 Å². The van der Waals surface area contributed by atoms with Gasteiger partial charge in [0.15, 0.2) is 5.82 Å². The van der Waals surface area contributed by atoms with Gasteiger partial charge in [0.2, 0.25) is 0 Å². The van der Waals surface area contributed by atoms with Crippen LogP contribution in [0.4, 0.5) is 0 Å². The highest BCUT2D eigenvalue weighted by molar-refractivity contribution is 4.96. The predicted molar refractivity (Wildman–Crippen MR) is 48.0 cm³/mol. The van der Waals surface area contributed by atoms with Crippen molar-refractivity contribution in [1.29, 1.82) is 0 Å². The van der Waals surface area contributed by atoms with E-state index in [9.17, 15) is 0 Å². The van der Waals surface area contributed by atoms with Crippen molar-refractivity contribution in [3.8, 4) is 0 Å². The molecule has 72 valence electrons. The van der Waals surface area contributed by atoms with E-state index in [1.54, 1.807) is 4.68 Å². The molecule has 1 heterocycles. The van der Waals surface area contributed by atoms with E-state index in [4.69, 9.17) is 5.73 Å². The summed E-state index contributed by atoms with van der Waals surface area (Å²) >= 11 is 0. The zero-order valence-corrected chi connectivity index (χ0v) is 7.85. The minimum Gasteiger partial charge on any atom is -0.328 e. The van der Waals surface area contributed by atoms with Crippen LogP contribution in [-0.2, 0) is 7.05 Å². The van der Waals surface area contributed by atoms with Gasteiger partial charge in [-0.1, -0.05) is 0 Å². The number of hydrogen-bond donors (Lipinski definition) is 1. The fourth-order valence-corrected chi connectivity index (χ4v) is 1.96. The van der Waals surface area contributed by atoms with Crippen LogP contribution in [0, 0.1) is 0 Å². The van der Waals surface area contributed by atoms with E-state index < -0.39 is 0 Å². The summed E-state index contributed by atoms with van der Waals surface area (Å²) in [5, 5.41) is 11.5. The summed E-state index contributed by atoms with van der Waals surface area (Å²) in [6.45, 7) is 0. The van der Waals surface area contributed by atoms with Gasteiger partial charge in [-0.25, -0.2) is 4.68 Å². The maximum atomic E-state index is 5.83. The zero-order chi connectivity index (χ0) is 9.26. The number of hydrogen-bond acceptors (Lipinski definition) is 4. The van der Waals surface area contributed by atoms with Gasteiger partial charge in [0.05, 0.1) is 0 Å². The fraction of sp³-hybridized carbons (Fsp3) is 0.875. The first-order valence-electron chi connectivity index (χ1n) is 4.75. The number of tetrazole rings is 1. The monoisotopic (exact) mass is 181 g/mol. The molecular weight excluding hydrogens is 166 g/mol. The molecule has 0 radical (unpaired) electrons. The van der Waals surface area contributed by atoms with Gasteiger partial charge in [-0.15, -0.1) is 5.10 Å². The van der Waals surface area contributed by atoms with Crippen LogP contribution < -0.4 is 5.73 Å². The third kappa shape index (κ3) is 1.70. The van der Waals surface area contributed by atoms with Crippen LogP contribution >= 0.6 is 0 Å². The van der Waals surface area contributed by atoms with Gasteiger partial charge in [0, 0.05) is 19.0 Å². The summed E-state index contributed by atoms with van der Waals surface area (Å²) in [4.78, 5) is 0. The van der Waals surface area contributed by atoms with E-state index in [0.717, 1.165) is 31.5 Å². The molecule has 1 aromatic heterocycles. The minimum atomic E-state index is 0.387. The van der Waals surface area contributed by atoms with Crippen LogP contribution in [0.25, 0.3) is 0 Å². The maximum Gasteiger partial charge on any atom is 0.153 e. The number of rotatable bonds is 1. The average Bonchev–Trinajstić information content (AvgIpc) is 2.53. The smallest absolute Gasteiger partial charge is 0.153 e. The summed E-state index contributed by atoms with van der Waals surface area (Å²) in [6, 6.07) is 0.387. The molecule has 1 aromatic rings. The number of aryl methyl sites for hydroxylation is 1. The van der Waals surface area contributed by atoms with Crippen molar-refractivity contribution in [1.82, 2.24) is 20.2 Å². The third-order valence-electron chi connectivity index (χ3n) is 2.79. The average molecular weight is 181 g/mol. The van der Waals surface area contributed by atoms with Crippen molar-refractivity contribution in [3.63, 3.8) is 0 Å². The Morgan fingerprint density at radius 1 is 1.31 bits per heavy atom. The first-order chi connectivity index (χ1) is 6.27. The second-order valence-corrected chi connectivity index (χ2v) is 3.77. The van der Waals surface area contributed by atoms with Crippen LogP contribution in [0.3, 0.4) is 0 Å². The minimum absolute atomic E-state index is 0.387. The Balaban J connectivity index is 2.06. The number of nitrogens with zero attached hydrogens (tertiary/aromatic N) is 4. The van der Waals surface area contributed by atoms with Gasteiger partial charge < -0.3 is 5.73 Å². The van der Waals surface area contributed by atoms with E-state index in [0.29, 0.717) is 12.0 Å². The lowest BCUT2D eigenvalue weighted by molar-refractivity contribution is 0.377. The van der Waals surface area contributed by atoms with Crippen LogP contribution in [0.1, 0.15) is 37.4 Å². The quantitative estimate of drug-likeness (QED) is 0.671. The lowest BCUT2D eigenvalue weighted by Crippen LogP contribution is -2.26. The largest absolute Gasteiger partial charge is 0.328 e. The second-order valence-electron chi connectivity index (χ2n) is 3.77. The van der Waals surface area contributed by atoms with Crippen molar-refractivity contribution in [2.75, 3.05) is 0 Å². The summed E-state index contributed by atoms with van der Waals surface area (Å²) in [5.74, 6) is 1.52. The van der Waals surface area contributed by atoms with E-state index in [-0.39, 0.29) is 0 Å². The Labute approximate surface area is 77.3 Å². The standard InChI is InChI=1S/C8H15N5/c1-13-8(10-11-12-13)6-2-4-7(9)5-3-6/h6-7H,2-5,9H2,1H3/t6-,7-. The summed E-state index contributed by atoms with van der Waals surface area (Å²) in [7, 11) is 1.89. The van der Waals surface area contributed by atoms with E-state index in [1.807, 2.05) is 7.05 Å². The Kier molecular flexibility index (Phi) is 2.26. The molecule has 0 saturated heterocycles. The van der Waals surface area contributed by atoms with Crippen molar-refractivity contribution in [3.05, 3.63) is 5.82 Å². The molecular formula is C8H15N5. The predicted octanol–water partition coefficient (Wildman–Crippen LogP) is 0.195. The highest BCUT2D eigenvalue weighted by atomic mass is 15.5. The molecule has 0 aromatic carbocycles. The highest BCUT2D eigenvalue weighted by Crippen LogP contribution is 2.30. The van der Waals surface area contributed by atoms with Gasteiger partial charge in [0.1, 0.15) is 0 Å². The molecule has 0 unspecified atom stereocenters. The lowest BCUT2D eigenvalue weighted by atomic mass is 9.86.